The number of carbonyl (C=O) groups is 1. The lowest BCUT2D eigenvalue weighted by Gasteiger charge is -2.16. The van der Waals surface area contributed by atoms with Crippen LogP contribution < -0.4 is 16.7 Å². The summed E-state index contributed by atoms with van der Waals surface area (Å²) < 4.78 is 42.0. The third-order valence-electron chi connectivity index (χ3n) is 5.14. The maximum Gasteiger partial charge on any atom is 0.416 e. The quantitative estimate of drug-likeness (QED) is 0.365. The molecule has 0 spiro atoms. The minimum Gasteiger partial charge on any atom is -0.288 e. The van der Waals surface area contributed by atoms with Crippen LogP contribution in [-0.2, 0) is 12.7 Å². The molecule has 7 nitrogen and oxygen atoms in total. The Morgan fingerprint density at radius 1 is 0.939 bits per heavy atom. The topological polar surface area (TPSA) is 93.3 Å². The number of hydrogen-bond acceptors (Lipinski definition) is 4. The second-order valence-electron chi connectivity index (χ2n) is 7.21. The number of halogens is 3. The van der Waals surface area contributed by atoms with Crippen molar-refractivity contribution in [3.63, 3.8) is 0 Å². The van der Waals surface area contributed by atoms with Crippen molar-refractivity contribution in [2.75, 3.05) is 0 Å². The molecule has 10 heteroatoms. The molecule has 1 aromatic heterocycles. The molecular formula is C23H16F3N3O4. The van der Waals surface area contributed by atoms with Crippen LogP contribution in [0.15, 0.2) is 82.4 Å². The molecule has 168 valence electrons. The van der Waals surface area contributed by atoms with Gasteiger partial charge in [0.25, 0.3) is 11.5 Å². The summed E-state index contributed by atoms with van der Waals surface area (Å²) in [7, 11) is 0. The standard InChI is InChI=1S/C23H16F3N3O4/c24-23(25,26)16-10-11-18-19(12-16)28(13-14-6-8-15(9-7-14)20(30)27-33)22(32)29(21(18)31)17-4-2-1-3-5-17/h1-12,33H,13H2,(H,27,30). The van der Waals surface area contributed by atoms with Crippen molar-refractivity contribution in [2.24, 2.45) is 0 Å². The normalized spacial score (nSPS) is 11.5. The summed E-state index contributed by atoms with van der Waals surface area (Å²) in [5.74, 6) is -0.739. The lowest BCUT2D eigenvalue weighted by molar-refractivity contribution is -0.137. The SMILES string of the molecule is O=C(NO)c1ccc(Cn2c(=O)n(-c3ccccc3)c(=O)c3ccc(C(F)(F)F)cc32)cc1. The number of rotatable bonds is 4. The highest BCUT2D eigenvalue weighted by Gasteiger charge is 2.31. The molecule has 1 heterocycles. The Balaban J connectivity index is 1.96. The summed E-state index contributed by atoms with van der Waals surface area (Å²) in [5.41, 5.74) is -0.291. The van der Waals surface area contributed by atoms with Crippen LogP contribution in [0, 0.1) is 0 Å². The average molecular weight is 455 g/mol. The smallest absolute Gasteiger partial charge is 0.288 e. The predicted molar refractivity (Wildman–Crippen MR) is 114 cm³/mol. The zero-order valence-corrected chi connectivity index (χ0v) is 16.8. The van der Waals surface area contributed by atoms with E-state index >= 15 is 0 Å². The Bertz CT molecular complexity index is 1460. The number of fused-ring (bicyclic) bond motifs is 1. The second-order valence-corrected chi connectivity index (χ2v) is 7.21. The number of carbonyl (C=O) groups excluding carboxylic acids is 1. The molecule has 2 N–H and O–H groups in total. The Labute approximate surface area is 183 Å². The van der Waals surface area contributed by atoms with E-state index in [1.54, 1.807) is 30.3 Å². The molecule has 33 heavy (non-hydrogen) atoms. The summed E-state index contributed by atoms with van der Waals surface area (Å²) in [4.78, 5) is 37.9. The van der Waals surface area contributed by atoms with E-state index in [9.17, 15) is 27.6 Å². The molecule has 1 amide bonds. The van der Waals surface area contributed by atoms with Crippen LogP contribution in [0.2, 0.25) is 0 Å². The zero-order chi connectivity index (χ0) is 23.8. The average Bonchev–Trinajstić information content (AvgIpc) is 2.81. The molecule has 0 bridgehead atoms. The summed E-state index contributed by atoms with van der Waals surface area (Å²) in [6.07, 6.45) is -4.66. The van der Waals surface area contributed by atoms with E-state index in [1.807, 2.05) is 0 Å². The molecule has 0 atom stereocenters. The number of hydroxylamine groups is 1. The third-order valence-corrected chi connectivity index (χ3v) is 5.14. The first kappa shape index (κ1) is 22.0. The van der Waals surface area contributed by atoms with Crippen molar-refractivity contribution in [2.45, 2.75) is 12.7 Å². The van der Waals surface area contributed by atoms with E-state index in [-0.39, 0.29) is 28.7 Å². The highest BCUT2D eigenvalue weighted by Crippen LogP contribution is 2.30. The highest BCUT2D eigenvalue weighted by molar-refractivity contribution is 5.93. The molecule has 3 aromatic carbocycles. The zero-order valence-electron chi connectivity index (χ0n) is 16.8. The molecule has 4 rings (SSSR count). The fraction of sp³-hybridized carbons (Fsp3) is 0.0870. The van der Waals surface area contributed by atoms with Gasteiger partial charge in [0.05, 0.1) is 28.7 Å². The summed E-state index contributed by atoms with van der Waals surface area (Å²) in [5, 5.41) is 8.68. The summed E-state index contributed by atoms with van der Waals surface area (Å²) in [6, 6.07) is 16.5. The van der Waals surface area contributed by atoms with Gasteiger partial charge in [-0.25, -0.2) is 14.8 Å². The Morgan fingerprint density at radius 2 is 1.61 bits per heavy atom. The van der Waals surface area contributed by atoms with Crippen molar-refractivity contribution in [3.8, 4) is 5.69 Å². The lowest BCUT2D eigenvalue weighted by Crippen LogP contribution is -2.39. The van der Waals surface area contributed by atoms with Crippen LogP contribution in [0.25, 0.3) is 16.6 Å². The van der Waals surface area contributed by atoms with E-state index in [2.05, 4.69) is 0 Å². The third kappa shape index (κ3) is 4.15. The van der Waals surface area contributed by atoms with E-state index in [0.29, 0.717) is 5.56 Å². The van der Waals surface area contributed by atoms with Gasteiger partial charge in [-0.15, -0.1) is 0 Å². The van der Waals surface area contributed by atoms with Gasteiger partial charge in [-0.2, -0.15) is 13.2 Å². The van der Waals surface area contributed by atoms with Crippen LogP contribution in [0.4, 0.5) is 13.2 Å². The van der Waals surface area contributed by atoms with Crippen LogP contribution >= 0.6 is 0 Å². The lowest BCUT2D eigenvalue weighted by atomic mass is 10.1. The van der Waals surface area contributed by atoms with Gasteiger partial charge < -0.3 is 0 Å². The fourth-order valence-electron chi connectivity index (χ4n) is 3.51. The molecule has 0 saturated heterocycles. The first-order chi connectivity index (χ1) is 15.7. The number of benzene rings is 3. The van der Waals surface area contributed by atoms with Crippen molar-refractivity contribution in [1.82, 2.24) is 14.6 Å². The van der Waals surface area contributed by atoms with Gasteiger partial charge in [0.1, 0.15) is 0 Å². The van der Waals surface area contributed by atoms with E-state index in [0.717, 1.165) is 27.3 Å². The number of hydrogen-bond donors (Lipinski definition) is 2. The van der Waals surface area contributed by atoms with Crippen LogP contribution in [0.3, 0.4) is 0 Å². The second kappa shape index (κ2) is 8.40. The fourth-order valence-corrected chi connectivity index (χ4v) is 3.51. The maximum atomic E-state index is 13.3. The Kier molecular flexibility index (Phi) is 5.60. The number of nitrogens with zero attached hydrogens (tertiary/aromatic N) is 2. The minimum absolute atomic E-state index is 0.0530. The van der Waals surface area contributed by atoms with Gasteiger partial charge in [0.2, 0.25) is 0 Å². The summed E-state index contributed by atoms with van der Waals surface area (Å²) in [6.45, 7) is -0.162. The van der Waals surface area contributed by atoms with Crippen LogP contribution in [0.1, 0.15) is 21.5 Å². The van der Waals surface area contributed by atoms with Crippen molar-refractivity contribution >= 4 is 16.8 Å². The van der Waals surface area contributed by atoms with E-state index in [4.69, 9.17) is 5.21 Å². The molecular weight excluding hydrogens is 439 g/mol. The van der Waals surface area contributed by atoms with Gasteiger partial charge in [0.15, 0.2) is 0 Å². The van der Waals surface area contributed by atoms with Gasteiger partial charge in [-0.1, -0.05) is 30.3 Å². The molecule has 0 fully saturated rings. The summed E-state index contributed by atoms with van der Waals surface area (Å²) >= 11 is 0. The predicted octanol–water partition coefficient (Wildman–Crippen LogP) is 3.34. The molecule has 0 aliphatic rings. The minimum atomic E-state index is -4.66. The first-order valence-electron chi connectivity index (χ1n) is 9.66. The van der Waals surface area contributed by atoms with E-state index in [1.165, 1.54) is 29.7 Å². The van der Waals surface area contributed by atoms with Crippen molar-refractivity contribution < 1.29 is 23.2 Å². The van der Waals surface area contributed by atoms with Crippen LogP contribution in [-0.4, -0.2) is 20.2 Å². The van der Waals surface area contributed by atoms with Gasteiger partial charge in [-0.05, 0) is 48.0 Å². The number of amides is 1. The molecule has 0 saturated carbocycles. The van der Waals surface area contributed by atoms with Gasteiger partial charge >= 0.3 is 11.9 Å². The number of alkyl halides is 3. The molecule has 0 aliphatic carbocycles. The van der Waals surface area contributed by atoms with Gasteiger partial charge in [-0.3, -0.25) is 19.4 Å². The monoisotopic (exact) mass is 455 g/mol. The molecule has 0 unspecified atom stereocenters. The largest absolute Gasteiger partial charge is 0.416 e. The van der Waals surface area contributed by atoms with Crippen LogP contribution in [0.5, 0.6) is 0 Å². The molecule has 0 radical (unpaired) electrons. The molecule has 0 aliphatic heterocycles. The Morgan fingerprint density at radius 3 is 2.21 bits per heavy atom. The van der Waals surface area contributed by atoms with Gasteiger partial charge in [0, 0.05) is 5.56 Å². The van der Waals surface area contributed by atoms with E-state index < -0.39 is 28.9 Å². The highest BCUT2D eigenvalue weighted by atomic mass is 19.4. The molecule has 4 aromatic rings. The number of para-hydroxylation sites is 1. The first-order valence-corrected chi connectivity index (χ1v) is 9.66. The van der Waals surface area contributed by atoms with Crippen molar-refractivity contribution in [3.05, 3.63) is 110 Å². The van der Waals surface area contributed by atoms with Crippen molar-refractivity contribution in [1.29, 1.82) is 0 Å². The Hall–Kier alpha value is -4.18. The number of aromatic nitrogens is 2. The number of nitrogens with one attached hydrogen (secondary N) is 1. The maximum absolute atomic E-state index is 13.3.